The number of hydrogen-bond acceptors (Lipinski definition) is 6. The summed E-state index contributed by atoms with van der Waals surface area (Å²) in [5, 5.41) is 0. The van der Waals surface area contributed by atoms with E-state index in [1.165, 1.54) is 0 Å². The molecule has 0 spiro atoms. The van der Waals surface area contributed by atoms with Crippen LogP contribution in [0.4, 0.5) is 0 Å². The van der Waals surface area contributed by atoms with Crippen LogP contribution in [0.15, 0.2) is 30.3 Å². The molecule has 0 radical (unpaired) electrons. The van der Waals surface area contributed by atoms with Crippen LogP contribution in [0.25, 0.3) is 0 Å². The van der Waals surface area contributed by atoms with Crippen LogP contribution in [0.2, 0.25) is 0 Å². The molecule has 6 heteroatoms. The zero-order valence-corrected chi connectivity index (χ0v) is 13.8. The van der Waals surface area contributed by atoms with E-state index in [4.69, 9.17) is 9.47 Å². The Balaban J connectivity index is 2.64. The smallest absolute Gasteiger partial charge is 0.321 e. The standard InChI is InChI=1S/C17H22O6/c1-17(2,3)23-16(20)13(15(19)21-4)10-14(18)22-11-12-8-6-5-7-9-12/h5-9,13H,10-11H2,1-4H3. The van der Waals surface area contributed by atoms with Crippen molar-refractivity contribution in [2.75, 3.05) is 7.11 Å². The number of esters is 3. The molecule has 0 saturated heterocycles. The van der Waals surface area contributed by atoms with Gasteiger partial charge in [0.15, 0.2) is 5.92 Å². The minimum Gasteiger partial charge on any atom is -0.468 e. The summed E-state index contributed by atoms with van der Waals surface area (Å²) < 4.78 is 14.8. The molecule has 0 aliphatic heterocycles. The van der Waals surface area contributed by atoms with E-state index in [0.29, 0.717) is 0 Å². The van der Waals surface area contributed by atoms with Gasteiger partial charge < -0.3 is 14.2 Å². The van der Waals surface area contributed by atoms with Crippen LogP contribution in [0.5, 0.6) is 0 Å². The van der Waals surface area contributed by atoms with Gasteiger partial charge in [0.2, 0.25) is 0 Å². The average Bonchev–Trinajstić information content (AvgIpc) is 2.49. The first-order chi connectivity index (χ1) is 10.7. The summed E-state index contributed by atoms with van der Waals surface area (Å²) in [5.41, 5.74) is 0.0461. The first kappa shape index (κ1) is 18.7. The zero-order chi connectivity index (χ0) is 17.5. The highest BCUT2D eigenvalue weighted by molar-refractivity contribution is 5.98. The molecule has 1 atom stereocenters. The van der Waals surface area contributed by atoms with Gasteiger partial charge in [-0.2, -0.15) is 0 Å². The summed E-state index contributed by atoms with van der Waals surface area (Å²) in [6, 6.07) is 9.10. The molecule has 1 rings (SSSR count). The van der Waals surface area contributed by atoms with Crippen molar-refractivity contribution in [1.29, 1.82) is 0 Å². The molecule has 6 nitrogen and oxygen atoms in total. The molecular weight excluding hydrogens is 300 g/mol. The van der Waals surface area contributed by atoms with Crippen molar-refractivity contribution in [3.63, 3.8) is 0 Å². The maximum Gasteiger partial charge on any atom is 0.321 e. The Morgan fingerprint density at radius 3 is 2.17 bits per heavy atom. The molecule has 0 heterocycles. The van der Waals surface area contributed by atoms with Gasteiger partial charge >= 0.3 is 17.9 Å². The zero-order valence-electron chi connectivity index (χ0n) is 13.8. The maximum atomic E-state index is 12.0. The number of ether oxygens (including phenoxy) is 3. The molecular formula is C17H22O6. The van der Waals surface area contributed by atoms with Crippen LogP contribution in [-0.2, 0) is 35.2 Å². The monoisotopic (exact) mass is 322 g/mol. The SMILES string of the molecule is COC(=O)C(CC(=O)OCc1ccccc1)C(=O)OC(C)(C)C. The van der Waals surface area contributed by atoms with Crippen LogP contribution in [0.1, 0.15) is 32.8 Å². The van der Waals surface area contributed by atoms with Gasteiger partial charge in [0.1, 0.15) is 12.2 Å². The number of rotatable bonds is 6. The van der Waals surface area contributed by atoms with Crippen molar-refractivity contribution < 1.29 is 28.6 Å². The number of carbonyl (C=O) groups excluding carboxylic acids is 3. The maximum absolute atomic E-state index is 12.0. The fourth-order valence-corrected chi connectivity index (χ4v) is 1.74. The second-order valence-electron chi connectivity index (χ2n) is 5.96. The van der Waals surface area contributed by atoms with Gasteiger partial charge in [0, 0.05) is 0 Å². The van der Waals surface area contributed by atoms with Crippen LogP contribution < -0.4 is 0 Å². The Morgan fingerprint density at radius 2 is 1.65 bits per heavy atom. The van der Waals surface area contributed by atoms with Gasteiger partial charge in [0.25, 0.3) is 0 Å². The highest BCUT2D eigenvalue weighted by atomic mass is 16.6. The van der Waals surface area contributed by atoms with E-state index in [1.807, 2.05) is 18.2 Å². The van der Waals surface area contributed by atoms with E-state index in [1.54, 1.807) is 32.9 Å². The molecule has 0 bridgehead atoms. The van der Waals surface area contributed by atoms with Crippen molar-refractivity contribution in [2.45, 2.75) is 39.4 Å². The summed E-state index contributed by atoms with van der Waals surface area (Å²) in [6.07, 6.45) is -0.422. The van der Waals surface area contributed by atoms with Crippen LogP contribution >= 0.6 is 0 Å². The highest BCUT2D eigenvalue weighted by Crippen LogP contribution is 2.16. The quantitative estimate of drug-likeness (QED) is 0.454. The molecule has 0 amide bonds. The number of hydrogen-bond donors (Lipinski definition) is 0. The van der Waals surface area contributed by atoms with Crippen molar-refractivity contribution in [3.05, 3.63) is 35.9 Å². The number of methoxy groups -OCH3 is 1. The molecule has 0 fully saturated rings. The fraction of sp³-hybridized carbons (Fsp3) is 0.471. The summed E-state index contributed by atoms with van der Waals surface area (Å²) in [4.78, 5) is 35.6. The van der Waals surface area contributed by atoms with Gasteiger partial charge in [-0.25, -0.2) is 0 Å². The Kier molecular flexibility index (Phi) is 6.75. The second-order valence-corrected chi connectivity index (χ2v) is 5.96. The van der Waals surface area contributed by atoms with Gasteiger partial charge in [-0.15, -0.1) is 0 Å². The molecule has 0 aliphatic rings. The largest absolute Gasteiger partial charge is 0.468 e. The van der Waals surface area contributed by atoms with Gasteiger partial charge in [-0.05, 0) is 26.3 Å². The second kappa shape index (κ2) is 8.31. The van der Waals surface area contributed by atoms with Crippen molar-refractivity contribution in [3.8, 4) is 0 Å². The van der Waals surface area contributed by atoms with E-state index in [2.05, 4.69) is 4.74 Å². The Morgan fingerprint density at radius 1 is 1.04 bits per heavy atom. The predicted molar refractivity (Wildman–Crippen MR) is 82.2 cm³/mol. The van der Waals surface area contributed by atoms with Crippen LogP contribution in [-0.4, -0.2) is 30.6 Å². The Bertz CT molecular complexity index is 544. The first-order valence-corrected chi connectivity index (χ1v) is 7.23. The number of benzene rings is 1. The Labute approximate surface area is 135 Å². The lowest BCUT2D eigenvalue weighted by molar-refractivity contribution is -0.172. The minimum atomic E-state index is -1.33. The Hall–Kier alpha value is -2.37. The van der Waals surface area contributed by atoms with E-state index in [-0.39, 0.29) is 6.61 Å². The van der Waals surface area contributed by atoms with Crippen molar-refractivity contribution >= 4 is 17.9 Å². The topological polar surface area (TPSA) is 78.9 Å². The van der Waals surface area contributed by atoms with E-state index in [9.17, 15) is 14.4 Å². The van der Waals surface area contributed by atoms with Gasteiger partial charge in [-0.3, -0.25) is 14.4 Å². The fourth-order valence-electron chi connectivity index (χ4n) is 1.74. The summed E-state index contributed by atoms with van der Waals surface area (Å²) in [6.45, 7) is 5.09. The summed E-state index contributed by atoms with van der Waals surface area (Å²) >= 11 is 0. The minimum absolute atomic E-state index is 0.0713. The van der Waals surface area contributed by atoms with E-state index < -0.39 is 35.8 Å². The van der Waals surface area contributed by atoms with Crippen LogP contribution in [0, 0.1) is 5.92 Å². The third-order valence-electron chi connectivity index (χ3n) is 2.79. The highest BCUT2D eigenvalue weighted by Gasteiger charge is 2.34. The molecule has 1 aromatic carbocycles. The lowest BCUT2D eigenvalue weighted by atomic mass is 10.1. The molecule has 0 saturated carbocycles. The predicted octanol–water partition coefficient (Wildman–Crippen LogP) is 2.25. The lowest BCUT2D eigenvalue weighted by Crippen LogP contribution is -2.35. The summed E-state index contributed by atoms with van der Waals surface area (Å²) in [7, 11) is 1.15. The molecule has 23 heavy (non-hydrogen) atoms. The first-order valence-electron chi connectivity index (χ1n) is 7.23. The molecule has 1 unspecified atom stereocenters. The summed E-state index contributed by atoms with van der Waals surface area (Å²) in [5.74, 6) is -3.63. The number of carbonyl (C=O) groups is 3. The molecule has 0 N–H and O–H groups in total. The molecule has 1 aromatic rings. The van der Waals surface area contributed by atoms with Crippen molar-refractivity contribution in [2.24, 2.45) is 5.92 Å². The van der Waals surface area contributed by atoms with Crippen LogP contribution in [0.3, 0.4) is 0 Å². The molecule has 0 aromatic heterocycles. The molecule has 0 aliphatic carbocycles. The van der Waals surface area contributed by atoms with Crippen molar-refractivity contribution in [1.82, 2.24) is 0 Å². The van der Waals surface area contributed by atoms with E-state index in [0.717, 1.165) is 12.7 Å². The van der Waals surface area contributed by atoms with E-state index >= 15 is 0 Å². The third-order valence-corrected chi connectivity index (χ3v) is 2.79. The lowest BCUT2D eigenvalue weighted by Gasteiger charge is -2.22. The third kappa shape index (κ3) is 6.95. The van der Waals surface area contributed by atoms with Gasteiger partial charge in [0.05, 0.1) is 13.5 Å². The molecule has 126 valence electrons. The van der Waals surface area contributed by atoms with Gasteiger partial charge in [-0.1, -0.05) is 30.3 Å². The normalized spacial score (nSPS) is 12.2. The average molecular weight is 322 g/mol.